The van der Waals surface area contributed by atoms with Crippen molar-refractivity contribution in [1.82, 2.24) is 20.2 Å². The van der Waals surface area contributed by atoms with Gasteiger partial charge < -0.3 is 0 Å². The van der Waals surface area contributed by atoms with Crippen LogP contribution in [0.5, 0.6) is 0 Å². The second kappa shape index (κ2) is 5.67. The SMILES string of the molecule is Cc1nn(Cc2ccc(C(=O)NN)cn2)c(C)c1[N+](=O)[O-]. The van der Waals surface area contributed by atoms with Gasteiger partial charge in [0.25, 0.3) is 5.91 Å². The van der Waals surface area contributed by atoms with Crippen LogP contribution in [0.25, 0.3) is 0 Å². The smallest absolute Gasteiger partial charge is 0.290 e. The molecule has 0 atom stereocenters. The standard InChI is InChI=1S/C12H14N6O3/c1-7-11(18(20)21)8(2)17(16-7)6-10-4-3-9(5-14-10)12(19)15-13/h3-5H,6,13H2,1-2H3,(H,15,19). The van der Waals surface area contributed by atoms with E-state index in [-0.39, 0.29) is 12.2 Å². The lowest BCUT2D eigenvalue weighted by Crippen LogP contribution is -2.30. The van der Waals surface area contributed by atoms with E-state index < -0.39 is 10.8 Å². The van der Waals surface area contributed by atoms with E-state index in [1.54, 1.807) is 26.0 Å². The maximum Gasteiger partial charge on any atom is 0.312 e. The van der Waals surface area contributed by atoms with Gasteiger partial charge >= 0.3 is 5.69 Å². The van der Waals surface area contributed by atoms with Crippen LogP contribution in [0.2, 0.25) is 0 Å². The number of hydrogen-bond donors (Lipinski definition) is 2. The highest BCUT2D eigenvalue weighted by atomic mass is 16.6. The minimum Gasteiger partial charge on any atom is -0.290 e. The summed E-state index contributed by atoms with van der Waals surface area (Å²) < 4.78 is 1.51. The average Bonchev–Trinajstić information content (AvgIpc) is 2.73. The first-order chi connectivity index (χ1) is 9.93. The molecule has 1 amide bonds. The molecule has 0 aromatic carbocycles. The molecule has 2 rings (SSSR count). The third-order valence-corrected chi connectivity index (χ3v) is 3.06. The number of aryl methyl sites for hydroxylation is 1. The Morgan fingerprint density at radius 3 is 2.67 bits per heavy atom. The summed E-state index contributed by atoms with van der Waals surface area (Å²) in [5, 5.41) is 15.1. The van der Waals surface area contributed by atoms with Crippen molar-refractivity contribution in [3.05, 3.63) is 51.1 Å². The molecule has 0 aliphatic rings. The second-order valence-corrected chi connectivity index (χ2v) is 4.45. The lowest BCUT2D eigenvalue weighted by Gasteiger charge is -2.04. The van der Waals surface area contributed by atoms with E-state index in [9.17, 15) is 14.9 Å². The fraction of sp³-hybridized carbons (Fsp3) is 0.250. The molecule has 0 unspecified atom stereocenters. The number of nitro groups is 1. The molecule has 0 saturated carbocycles. The van der Waals surface area contributed by atoms with Crippen LogP contribution in [0.3, 0.4) is 0 Å². The summed E-state index contributed by atoms with van der Waals surface area (Å²) in [6, 6.07) is 3.22. The number of carbonyl (C=O) groups is 1. The van der Waals surface area contributed by atoms with Crippen molar-refractivity contribution in [3.63, 3.8) is 0 Å². The summed E-state index contributed by atoms with van der Waals surface area (Å²) in [4.78, 5) is 25.9. The van der Waals surface area contributed by atoms with E-state index >= 15 is 0 Å². The van der Waals surface area contributed by atoms with Gasteiger partial charge in [-0.2, -0.15) is 5.10 Å². The van der Waals surface area contributed by atoms with E-state index in [0.29, 0.717) is 22.6 Å². The second-order valence-electron chi connectivity index (χ2n) is 4.45. The lowest BCUT2D eigenvalue weighted by atomic mass is 10.2. The summed E-state index contributed by atoms with van der Waals surface area (Å²) in [5.41, 5.74) is 3.80. The number of aromatic nitrogens is 3. The van der Waals surface area contributed by atoms with Gasteiger partial charge in [0.15, 0.2) is 0 Å². The van der Waals surface area contributed by atoms with Gasteiger partial charge in [-0.1, -0.05) is 0 Å². The number of pyridine rings is 1. The summed E-state index contributed by atoms with van der Waals surface area (Å²) in [6.07, 6.45) is 1.39. The molecule has 110 valence electrons. The van der Waals surface area contributed by atoms with Crippen LogP contribution >= 0.6 is 0 Å². The number of nitrogens with zero attached hydrogens (tertiary/aromatic N) is 4. The highest BCUT2D eigenvalue weighted by Crippen LogP contribution is 2.22. The Morgan fingerprint density at radius 1 is 1.48 bits per heavy atom. The summed E-state index contributed by atoms with van der Waals surface area (Å²) in [6.45, 7) is 3.50. The third kappa shape index (κ3) is 2.87. The van der Waals surface area contributed by atoms with Crippen molar-refractivity contribution in [2.24, 2.45) is 5.84 Å². The number of nitrogen functional groups attached to an aromatic ring is 1. The van der Waals surface area contributed by atoms with Gasteiger partial charge in [-0.05, 0) is 26.0 Å². The van der Waals surface area contributed by atoms with Crippen molar-refractivity contribution in [1.29, 1.82) is 0 Å². The van der Waals surface area contributed by atoms with Gasteiger partial charge in [-0.25, -0.2) is 5.84 Å². The summed E-state index contributed by atoms with van der Waals surface area (Å²) in [7, 11) is 0. The first-order valence-electron chi connectivity index (χ1n) is 6.08. The first kappa shape index (κ1) is 14.6. The van der Waals surface area contributed by atoms with Gasteiger partial charge in [-0.15, -0.1) is 0 Å². The molecule has 2 aromatic rings. The van der Waals surface area contributed by atoms with E-state index in [4.69, 9.17) is 5.84 Å². The molecular weight excluding hydrogens is 276 g/mol. The molecule has 0 bridgehead atoms. The lowest BCUT2D eigenvalue weighted by molar-refractivity contribution is -0.386. The molecule has 9 nitrogen and oxygen atoms in total. The topological polar surface area (TPSA) is 129 Å². The quantitative estimate of drug-likeness (QED) is 0.364. The zero-order valence-corrected chi connectivity index (χ0v) is 11.5. The highest BCUT2D eigenvalue weighted by molar-refractivity contribution is 5.93. The number of carbonyl (C=O) groups excluding carboxylic acids is 1. The van der Waals surface area contributed by atoms with Gasteiger partial charge in [0, 0.05) is 6.20 Å². The first-order valence-corrected chi connectivity index (χ1v) is 6.08. The van der Waals surface area contributed by atoms with Crippen molar-refractivity contribution >= 4 is 11.6 Å². The molecule has 21 heavy (non-hydrogen) atoms. The van der Waals surface area contributed by atoms with Crippen LogP contribution in [0.15, 0.2) is 18.3 Å². The molecule has 0 radical (unpaired) electrons. The zero-order chi connectivity index (χ0) is 15.6. The molecule has 3 N–H and O–H groups in total. The number of hydrazine groups is 1. The molecule has 9 heteroatoms. The molecule has 0 aliphatic carbocycles. The minimum absolute atomic E-state index is 0.00845. The Morgan fingerprint density at radius 2 is 2.19 bits per heavy atom. The monoisotopic (exact) mass is 290 g/mol. The number of hydrogen-bond acceptors (Lipinski definition) is 6. The van der Waals surface area contributed by atoms with Crippen LogP contribution in [-0.2, 0) is 6.54 Å². The minimum atomic E-state index is -0.448. The number of nitrogens with two attached hydrogens (primary N) is 1. The molecule has 2 aromatic heterocycles. The Bertz CT molecular complexity index is 692. The molecule has 0 aliphatic heterocycles. The Kier molecular flexibility index (Phi) is 3.94. The molecular formula is C12H14N6O3. The molecule has 0 fully saturated rings. The average molecular weight is 290 g/mol. The Balaban J connectivity index is 2.25. The van der Waals surface area contributed by atoms with Gasteiger partial charge in [-0.3, -0.25) is 30.0 Å². The van der Waals surface area contributed by atoms with E-state index in [0.717, 1.165) is 0 Å². The van der Waals surface area contributed by atoms with Crippen LogP contribution in [0.1, 0.15) is 27.4 Å². The van der Waals surface area contributed by atoms with Crippen LogP contribution in [0, 0.1) is 24.0 Å². The predicted molar refractivity (Wildman–Crippen MR) is 73.3 cm³/mol. The van der Waals surface area contributed by atoms with Crippen LogP contribution in [-0.4, -0.2) is 25.6 Å². The number of nitrogens with one attached hydrogen (secondary N) is 1. The fourth-order valence-electron chi connectivity index (χ4n) is 1.99. The van der Waals surface area contributed by atoms with Crippen LogP contribution < -0.4 is 11.3 Å². The van der Waals surface area contributed by atoms with E-state index in [1.807, 2.05) is 5.43 Å². The van der Waals surface area contributed by atoms with Gasteiger partial charge in [0.2, 0.25) is 0 Å². The maximum absolute atomic E-state index is 11.3. The molecule has 0 saturated heterocycles. The summed E-state index contributed by atoms with van der Waals surface area (Å²) in [5.74, 6) is 4.59. The highest BCUT2D eigenvalue weighted by Gasteiger charge is 2.21. The van der Waals surface area contributed by atoms with E-state index in [1.165, 1.54) is 10.9 Å². The molecule has 2 heterocycles. The van der Waals surface area contributed by atoms with Crippen LogP contribution in [0.4, 0.5) is 5.69 Å². The van der Waals surface area contributed by atoms with Crippen molar-refractivity contribution < 1.29 is 9.72 Å². The van der Waals surface area contributed by atoms with E-state index in [2.05, 4.69) is 10.1 Å². The van der Waals surface area contributed by atoms with Gasteiger partial charge in [0.1, 0.15) is 11.4 Å². The predicted octanol–water partition coefficient (Wildman–Crippen LogP) is 0.455. The van der Waals surface area contributed by atoms with Crippen molar-refractivity contribution in [3.8, 4) is 0 Å². The number of amides is 1. The largest absolute Gasteiger partial charge is 0.312 e. The Labute approximate surface area is 119 Å². The number of rotatable bonds is 4. The summed E-state index contributed by atoms with van der Waals surface area (Å²) >= 11 is 0. The van der Waals surface area contributed by atoms with Gasteiger partial charge in [0.05, 0.1) is 22.7 Å². The van der Waals surface area contributed by atoms with Crippen molar-refractivity contribution in [2.75, 3.05) is 0 Å². The fourth-order valence-corrected chi connectivity index (χ4v) is 1.99. The maximum atomic E-state index is 11.3. The van der Waals surface area contributed by atoms with Crippen molar-refractivity contribution in [2.45, 2.75) is 20.4 Å². The third-order valence-electron chi connectivity index (χ3n) is 3.06. The normalized spacial score (nSPS) is 10.4. The Hall–Kier alpha value is -2.81. The zero-order valence-electron chi connectivity index (χ0n) is 11.5. The molecule has 0 spiro atoms.